The molecule has 1 aliphatic rings. The molecule has 0 saturated heterocycles. The third-order valence-corrected chi connectivity index (χ3v) is 4.47. The first-order valence-electron chi connectivity index (χ1n) is 8.12. The zero-order valence-electron chi connectivity index (χ0n) is 14.0. The van der Waals surface area contributed by atoms with E-state index in [0.717, 1.165) is 22.4 Å². The van der Waals surface area contributed by atoms with Gasteiger partial charge in [0.25, 0.3) is 5.91 Å². The van der Waals surface area contributed by atoms with Gasteiger partial charge in [0.15, 0.2) is 0 Å². The third kappa shape index (κ3) is 3.18. The van der Waals surface area contributed by atoms with Crippen molar-refractivity contribution in [2.45, 2.75) is 32.4 Å². The van der Waals surface area contributed by atoms with Crippen molar-refractivity contribution >= 4 is 11.7 Å². The number of methoxy groups -OCH3 is 1. The van der Waals surface area contributed by atoms with Gasteiger partial charge in [0, 0.05) is 18.5 Å². The fraction of sp³-hybridized carbons (Fsp3) is 0.300. The van der Waals surface area contributed by atoms with Gasteiger partial charge in [-0.25, -0.2) is 0 Å². The largest absolute Gasteiger partial charge is 0.497 e. The summed E-state index contributed by atoms with van der Waals surface area (Å²) in [6.07, 6.45) is 1.14. The molecule has 0 saturated carbocycles. The number of benzene rings is 2. The minimum Gasteiger partial charge on any atom is -0.497 e. The van der Waals surface area contributed by atoms with E-state index in [9.17, 15) is 9.59 Å². The molecule has 0 fully saturated rings. The van der Waals surface area contributed by atoms with Crippen LogP contribution in [0.2, 0.25) is 0 Å². The topological polar surface area (TPSA) is 46.6 Å². The minimum absolute atomic E-state index is 0.0370. The van der Waals surface area contributed by atoms with Gasteiger partial charge in [0.1, 0.15) is 11.5 Å². The SMILES string of the molecule is COc1ccc(CN2C(=O)c3ccccc3C2CCC(C)=O)cc1. The molecule has 0 aromatic heterocycles. The van der Waals surface area contributed by atoms with E-state index in [-0.39, 0.29) is 17.7 Å². The lowest BCUT2D eigenvalue weighted by atomic mass is 9.99. The van der Waals surface area contributed by atoms with Crippen molar-refractivity contribution in [1.29, 1.82) is 0 Å². The number of Topliss-reactive ketones (excluding diaryl/α,β-unsaturated/α-hetero) is 1. The van der Waals surface area contributed by atoms with Gasteiger partial charge in [-0.1, -0.05) is 30.3 Å². The number of hydrogen-bond donors (Lipinski definition) is 0. The van der Waals surface area contributed by atoms with Crippen LogP contribution in [0.3, 0.4) is 0 Å². The van der Waals surface area contributed by atoms with Gasteiger partial charge in [-0.05, 0) is 42.7 Å². The second kappa shape index (κ2) is 6.87. The molecule has 1 heterocycles. The molecule has 2 aromatic carbocycles. The van der Waals surface area contributed by atoms with Crippen LogP contribution in [0, 0.1) is 0 Å². The second-order valence-electron chi connectivity index (χ2n) is 6.12. The fourth-order valence-corrected chi connectivity index (χ4v) is 3.21. The Bertz CT molecular complexity index is 752. The Morgan fingerprint density at radius 2 is 1.83 bits per heavy atom. The lowest BCUT2D eigenvalue weighted by molar-refractivity contribution is -0.117. The first-order chi connectivity index (χ1) is 11.6. The molecule has 0 N–H and O–H groups in total. The van der Waals surface area contributed by atoms with Crippen molar-refractivity contribution in [3.05, 3.63) is 65.2 Å². The van der Waals surface area contributed by atoms with Crippen LogP contribution in [0.15, 0.2) is 48.5 Å². The van der Waals surface area contributed by atoms with Gasteiger partial charge in [0.05, 0.1) is 13.2 Å². The standard InChI is InChI=1S/C20H21NO3/c1-14(22)7-12-19-17-5-3-4-6-18(17)20(23)21(19)13-15-8-10-16(24-2)11-9-15/h3-6,8-11,19H,7,12-13H2,1-2H3. The van der Waals surface area contributed by atoms with Crippen LogP contribution in [0.4, 0.5) is 0 Å². The van der Waals surface area contributed by atoms with Gasteiger partial charge in [-0.3, -0.25) is 4.79 Å². The molecule has 124 valence electrons. The predicted molar refractivity (Wildman–Crippen MR) is 92.0 cm³/mol. The molecular weight excluding hydrogens is 302 g/mol. The van der Waals surface area contributed by atoms with Gasteiger partial charge in [-0.2, -0.15) is 0 Å². The summed E-state index contributed by atoms with van der Waals surface area (Å²) >= 11 is 0. The fourth-order valence-electron chi connectivity index (χ4n) is 3.21. The lowest BCUT2D eigenvalue weighted by Gasteiger charge is -2.25. The maximum absolute atomic E-state index is 12.8. The van der Waals surface area contributed by atoms with Crippen LogP contribution < -0.4 is 4.74 Å². The maximum atomic E-state index is 12.8. The van der Waals surface area contributed by atoms with Crippen molar-refractivity contribution in [3.63, 3.8) is 0 Å². The highest BCUT2D eigenvalue weighted by atomic mass is 16.5. The Morgan fingerprint density at radius 1 is 1.12 bits per heavy atom. The van der Waals surface area contributed by atoms with E-state index in [1.807, 2.05) is 53.4 Å². The molecule has 24 heavy (non-hydrogen) atoms. The summed E-state index contributed by atoms with van der Waals surface area (Å²) in [6, 6.07) is 15.4. The van der Waals surface area contributed by atoms with E-state index in [0.29, 0.717) is 19.4 Å². The molecule has 1 atom stereocenters. The number of carbonyl (C=O) groups is 2. The van der Waals surface area contributed by atoms with Gasteiger partial charge in [-0.15, -0.1) is 0 Å². The van der Waals surface area contributed by atoms with Crippen LogP contribution in [0.5, 0.6) is 5.75 Å². The van der Waals surface area contributed by atoms with Crippen molar-refractivity contribution in [1.82, 2.24) is 4.90 Å². The first-order valence-corrected chi connectivity index (χ1v) is 8.12. The highest BCUT2D eigenvalue weighted by molar-refractivity contribution is 5.99. The van der Waals surface area contributed by atoms with Crippen LogP contribution in [0.25, 0.3) is 0 Å². The Kier molecular flexibility index (Phi) is 4.65. The van der Waals surface area contributed by atoms with Gasteiger partial charge >= 0.3 is 0 Å². The summed E-state index contributed by atoms with van der Waals surface area (Å²) in [7, 11) is 1.63. The quantitative estimate of drug-likeness (QED) is 0.813. The third-order valence-electron chi connectivity index (χ3n) is 4.47. The van der Waals surface area contributed by atoms with E-state index in [4.69, 9.17) is 4.74 Å². The molecule has 0 aliphatic carbocycles. The van der Waals surface area contributed by atoms with E-state index >= 15 is 0 Å². The van der Waals surface area contributed by atoms with E-state index in [2.05, 4.69) is 0 Å². The molecule has 0 radical (unpaired) electrons. The van der Waals surface area contributed by atoms with E-state index < -0.39 is 0 Å². The zero-order valence-corrected chi connectivity index (χ0v) is 14.0. The lowest BCUT2D eigenvalue weighted by Crippen LogP contribution is -2.28. The van der Waals surface area contributed by atoms with Crippen LogP contribution in [0.1, 0.15) is 47.3 Å². The monoisotopic (exact) mass is 323 g/mol. The smallest absolute Gasteiger partial charge is 0.255 e. The van der Waals surface area contributed by atoms with Gasteiger partial charge in [0.2, 0.25) is 0 Å². The van der Waals surface area contributed by atoms with E-state index in [1.165, 1.54) is 0 Å². The number of hydrogen-bond acceptors (Lipinski definition) is 3. The summed E-state index contributed by atoms with van der Waals surface area (Å²) < 4.78 is 5.18. The van der Waals surface area contributed by atoms with E-state index in [1.54, 1.807) is 14.0 Å². The summed E-state index contributed by atoms with van der Waals surface area (Å²) in [6.45, 7) is 2.12. The summed E-state index contributed by atoms with van der Waals surface area (Å²) in [5.74, 6) is 0.981. The molecule has 1 unspecified atom stereocenters. The Balaban J connectivity index is 1.86. The Labute approximate surface area is 142 Å². The molecule has 4 nitrogen and oxygen atoms in total. The maximum Gasteiger partial charge on any atom is 0.255 e. The molecule has 3 rings (SSSR count). The molecular formula is C20H21NO3. The minimum atomic E-state index is -0.0419. The molecule has 1 aliphatic heterocycles. The molecule has 1 amide bonds. The van der Waals surface area contributed by atoms with Crippen molar-refractivity contribution in [2.75, 3.05) is 7.11 Å². The summed E-state index contributed by atoms with van der Waals surface area (Å²) in [5, 5.41) is 0. The normalized spacial score (nSPS) is 16.2. The number of fused-ring (bicyclic) bond motifs is 1. The first kappa shape index (κ1) is 16.2. The highest BCUT2D eigenvalue weighted by Crippen LogP contribution is 2.37. The zero-order chi connectivity index (χ0) is 17.1. The number of ketones is 1. The summed E-state index contributed by atoms with van der Waals surface area (Å²) in [4.78, 5) is 26.1. The molecule has 4 heteroatoms. The second-order valence-corrected chi connectivity index (χ2v) is 6.12. The number of carbonyl (C=O) groups excluding carboxylic acids is 2. The summed E-state index contributed by atoms with van der Waals surface area (Å²) in [5.41, 5.74) is 2.82. The average Bonchev–Trinajstić information content (AvgIpc) is 2.86. The number of nitrogens with zero attached hydrogens (tertiary/aromatic N) is 1. The number of ether oxygens (including phenoxy) is 1. The number of rotatable bonds is 6. The van der Waals surface area contributed by atoms with Crippen molar-refractivity contribution in [2.24, 2.45) is 0 Å². The molecule has 0 spiro atoms. The average molecular weight is 323 g/mol. The van der Waals surface area contributed by atoms with Crippen LogP contribution in [-0.2, 0) is 11.3 Å². The number of amides is 1. The van der Waals surface area contributed by atoms with Crippen molar-refractivity contribution < 1.29 is 14.3 Å². The van der Waals surface area contributed by atoms with Crippen LogP contribution in [-0.4, -0.2) is 23.7 Å². The Hall–Kier alpha value is -2.62. The molecule has 2 aromatic rings. The predicted octanol–water partition coefficient (Wildman–Crippen LogP) is 3.76. The Morgan fingerprint density at radius 3 is 2.50 bits per heavy atom. The van der Waals surface area contributed by atoms with Crippen molar-refractivity contribution in [3.8, 4) is 5.75 Å². The molecule has 0 bridgehead atoms. The van der Waals surface area contributed by atoms with Crippen LogP contribution >= 0.6 is 0 Å². The highest BCUT2D eigenvalue weighted by Gasteiger charge is 2.36. The van der Waals surface area contributed by atoms with Gasteiger partial charge < -0.3 is 14.4 Å².